The smallest absolute Gasteiger partial charge is 0.332 e. The number of aromatic nitrogens is 4. The zero-order chi connectivity index (χ0) is 23.7. The number of hydrogen-bond acceptors (Lipinski definition) is 7. The van der Waals surface area contributed by atoms with Gasteiger partial charge in [0.1, 0.15) is 24.2 Å². The van der Waals surface area contributed by atoms with Gasteiger partial charge in [-0.05, 0) is 43.0 Å². The van der Waals surface area contributed by atoms with Crippen LogP contribution in [0, 0.1) is 5.92 Å². The Balaban J connectivity index is 1.65. The Labute approximate surface area is 191 Å². The van der Waals surface area contributed by atoms with Crippen LogP contribution in [0.25, 0.3) is 11.2 Å². The number of aliphatic hydroxyl groups is 1. The van der Waals surface area contributed by atoms with E-state index in [1.807, 2.05) is 0 Å². The SMILES string of the molecule is COc1ccc(OC[C@H](O)Cn2c(N3CCC(C)CC3)nc3c2c(=O)n(C)c(=O)n3C)cc1. The molecule has 1 saturated heterocycles. The van der Waals surface area contributed by atoms with Crippen molar-refractivity contribution in [3.05, 3.63) is 45.1 Å². The maximum Gasteiger partial charge on any atom is 0.332 e. The second-order valence-electron chi connectivity index (χ2n) is 8.71. The number of ether oxygens (including phenoxy) is 2. The van der Waals surface area contributed by atoms with Gasteiger partial charge >= 0.3 is 5.69 Å². The molecular formula is C23H31N5O5. The molecule has 3 heterocycles. The molecule has 0 saturated carbocycles. The summed E-state index contributed by atoms with van der Waals surface area (Å²) in [5.74, 6) is 2.54. The van der Waals surface area contributed by atoms with Crippen molar-refractivity contribution < 1.29 is 14.6 Å². The van der Waals surface area contributed by atoms with Crippen molar-refractivity contribution in [3.63, 3.8) is 0 Å². The van der Waals surface area contributed by atoms with E-state index in [0.29, 0.717) is 28.8 Å². The summed E-state index contributed by atoms with van der Waals surface area (Å²) in [7, 11) is 4.65. The van der Waals surface area contributed by atoms with Gasteiger partial charge in [0.05, 0.1) is 13.7 Å². The molecule has 10 nitrogen and oxygen atoms in total. The van der Waals surface area contributed by atoms with E-state index in [9.17, 15) is 14.7 Å². The van der Waals surface area contributed by atoms with E-state index in [0.717, 1.165) is 36.2 Å². The van der Waals surface area contributed by atoms with Crippen molar-refractivity contribution in [1.29, 1.82) is 0 Å². The highest BCUT2D eigenvalue weighted by Crippen LogP contribution is 2.25. The van der Waals surface area contributed by atoms with Crippen molar-refractivity contribution in [1.82, 2.24) is 18.7 Å². The molecule has 3 aromatic rings. The van der Waals surface area contributed by atoms with E-state index in [1.54, 1.807) is 43.0 Å². The second kappa shape index (κ2) is 9.30. The summed E-state index contributed by atoms with van der Waals surface area (Å²) in [4.78, 5) is 32.3. The molecule has 1 atom stereocenters. The van der Waals surface area contributed by atoms with Gasteiger partial charge < -0.3 is 24.0 Å². The number of imidazole rings is 1. The molecule has 1 fully saturated rings. The number of piperidine rings is 1. The Morgan fingerprint density at radius 2 is 1.73 bits per heavy atom. The first-order valence-electron chi connectivity index (χ1n) is 11.2. The third kappa shape index (κ3) is 4.47. The van der Waals surface area contributed by atoms with Crippen LogP contribution in [0.3, 0.4) is 0 Å². The Bertz CT molecular complexity index is 1240. The zero-order valence-electron chi connectivity index (χ0n) is 19.5. The van der Waals surface area contributed by atoms with Crippen LogP contribution >= 0.6 is 0 Å². The van der Waals surface area contributed by atoms with E-state index in [4.69, 9.17) is 9.47 Å². The van der Waals surface area contributed by atoms with Gasteiger partial charge in [-0.25, -0.2) is 4.79 Å². The lowest BCUT2D eigenvalue weighted by Gasteiger charge is -2.31. The number of aryl methyl sites for hydroxylation is 1. The van der Waals surface area contributed by atoms with E-state index in [-0.39, 0.29) is 13.2 Å². The highest BCUT2D eigenvalue weighted by molar-refractivity contribution is 5.74. The maximum atomic E-state index is 13.0. The number of hydrogen-bond donors (Lipinski definition) is 1. The van der Waals surface area contributed by atoms with Crippen molar-refractivity contribution in [3.8, 4) is 11.5 Å². The fraction of sp³-hybridized carbons (Fsp3) is 0.522. The maximum absolute atomic E-state index is 13.0. The number of aliphatic hydroxyl groups excluding tert-OH is 1. The van der Waals surface area contributed by atoms with Crippen molar-refractivity contribution in [2.45, 2.75) is 32.4 Å². The predicted octanol–water partition coefficient (Wildman–Crippen LogP) is 1.12. The average Bonchev–Trinajstić information content (AvgIpc) is 3.20. The molecule has 0 aliphatic carbocycles. The molecule has 0 bridgehead atoms. The average molecular weight is 458 g/mol. The Kier molecular flexibility index (Phi) is 6.46. The van der Waals surface area contributed by atoms with Gasteiger partial charge in [-0.2, -0.15) is 4.98 Å². The van der Waals surface area contributed by atoms with Crippen molar-refractivity contribution in [2.24, 2.45) is 20.0 Å². The van der Waals surface area contributed by atoms with Crippen LogP contribution in [-0.2, 0) is 20.6 Å². The summed E-state index contributed by atoms with van der Waals surface area (Å²) in [5.41, 5.74) is -0.239. The second-order valence-corrected chi connectivity index (χ2v) is 8.71. The molecule has 1 aliphatic heterocycles. The van der Waals surface area contributed by atoms with Crippen LogP contribution in [0.1, 0.15) is 19.8 Å². The van der Waals surface area contributed by atoms with E-state index in [2.05, 4.69) is 16.8 Å². The van der Waals surface area contributed by atoms with Crippen LogP contribution in [-0.4, -0.2) is 56.7 Å². The molecule has 178 valence electrons. The summed E-state index contributed by atoms with van der Waals surface area (Å²) in [6, 6.07) is 7.10. The summed E-state index contributed by atoms with van der Waals surface area (Å²) in [5, 5.41) is 10.8. The summed E-state index contributed by atoms with van der Waals surface area (Å²) >= 11 is 0. The van der Waals surface area contributed by atoms with Gasteiger partial charge in [0.25, 0.3) is 5.56 Å². The van der Waals surface area contributed by atoms with Gasteiger partial charge in [0, 0.05) is 27.2 Å². The van der Waals surface area contributed by atoms with E-state index < -0.39 is 17.4 Å². The Morgan fingerprint density at radius 3 is 2.36 bits per heavy atom. The normalized spacial score (nSPS) is 15.7. The molecule has 1 aliphatic rings. The topological polar surface area (TPSA) is 104 Å². The van der Waals surface area contributed by atoms with Crippen LogP contribution < -0.4 is 25.6 Å². The van der Waals surface area contributed by atoms with E-state index in [1.165, 1.54) is 11.6 Å². The lowest BCUT2D eigenvalue weighted by atomic mass is 10.00. The number of methoxy groups -OCH3 is 1. The van der Waals surface area contributed by atoms with Gasteiger partial charge in [0.2, 0.25) is 5.95 Å². The first-order valence-corrected chi connectivity index (χ1v) is 11.2. The predicted molar refractivity (Wildman–Crippen MR) is 125 cm³/mol. The Hall–Kier alpha value is -3.27. The minimum absolute atomic E-state index is 0.0363. The minimum Gasteiger partial charge on any atom is -0.497 e. The highest BCUT2D eigenvalue weighted by atomic mass is 16.5. The number of anilines is 1. The van der Waals surface area contributed by atoms with Crippen LogP contribution in [0.2, 0.25) is 0 Å². The fourth-order valence-corrected chi connectivity index (χ4v) is 4.19. The molecule has 0 radical (unpaired) electrons. The molecule has 1 N–H and O–H groups in total. The molecule has 0 unspecified atom stereocenters. The third-order valence-corrected chi connectivity index (χ3v) is 6.29. The largest absolute Gasteiger partial charge is 0.497 e. The van der Waals surface area contributed by atoms with Gasteiger partial charge in [-0.1, -0.05) is 6.92 Å². The number of rotatable bonds is 7. The van der Waals surface area contributed by atoms with Crippen molar-refractivity contribution in [2.75, 3.05) is 31.7 Å². The molecule has 2 aromatic heterocycles. The fourth-order valence-electron chi connectivity index (χ4n) is 4.19. The molecular weight excluding hydrogens is 426 g/mol. The first-order chi connectivity index (χ1) is 15.8. The molecule has 33 heavy (non-hydrogen) atoms. The molecule has 0 amide bonds. The van der Waals surface area contributed by atoms with Crippen LogP contribution in [0.4, 0.5) is 5.95 Å². The summed E-state index contributed by atoms with van der Waals surface area (Å²) < 4.78 is 15.1. The quantitative estimate of drug-likeness (QED) is 0.567. The third-order valence-electron chi connectivity index (χ3n) is 6.29. The Morgan fingerprint density at radius 1 is 1.09 bits per heavy atom. The lowest BCUT2D eigenvalue weighted by molar-refractivity contribution is 0.0935. The first kappa shape index (κ1) is 22.9. The minimum atomic E-state index is -0.895. The van der Waals surface area contributed by atoms with E-state index >= 15 is 0 Å². The van der Waals surface area contributed by atoms with Gasteiger partial charge in [-0.15, -0.1) is 0 Å². The summed E-state index contributed by atoms with van der Waals surface area (Å²) in [6.45, 7) is 3.98. The number of nitrogens with zero attached hydrogens (tertiary/aromatic N) is 5. The molecule has 1 aromatic carbocycles. The molecule has 0 spiro atoms. The summed E-state index contributed by atoms with van der Waals surface area (Å²) in [6.07, 6.45) is 1.14. The zero-order valence-corrected chi connectivity index (χ0v) is 19.5. The standard InChI is InChI=1S/C23H31N5O5/c1-15-9-11-27(12-10-15)22-24-20-19(21(30)26(3)23(31)25(20)2)28(22)13-16(29)14-33-18-7-5-17(32-4)6-8-18/h5-8,15-16,29H,9-14H2,1-4H3/t16-/m1/s1. The van der Waals surface area contributed by atoms with Crippen molar-refractivity contribution >= 4 is 17.1 Å². The highest BCUT2D eigenvalue weighted by Gasteiger charge is 2.26. The molecule has 10 heteroatoms. The number of fused-ring (bicyclic) bond motifs is 1. The van der Waals surface area contributed by atoms with Crippen LogP contribution in [0.15, 0.2) is 33.9 Å². The van der Waals surface area contributed by atoms with Crippen LogP contribution in [0.5, 0.6) is 11.5 Å². The number of benzene rings is 1. The van der Waals surface area contributed by atoms with Gasteiger partial charge in [0.15, 0.2) is 11.2 Å². The van der Waals surface area contributed by atoms with Gasteiger partial charge in [-0.3, -0.25) is 13.9 Å². The monoisotopic (exact) mass is 457 g/mol. The lowest BCUT2D eigenvalue weighted by Crippen LogP contribution is -2.38. The molecule has 4 rings (SSSR count).